The molecule has 0 N–H and O–H groups in total. The predicted octanol–water partition coefficient (Wildman–Crippen LogP) is 3.84. The Bertz CT molecular complexity index is 374. The van der Waals surface area contributed by atoms with E-state index in [1.165, 1.54) is 12.8 Å². The first kappa shape index (κ1) is 10.2. The van der Waals surface area contributed by atoms with Crippen LogP contribution in [0, 0.1) is 0 Å². The lowest BCUT2D eigenvalue weighted by Crippen LogP contribution is -2.23. The normalized spacial score (nSPS) is 25.9. The van der Waals surface area contributed by atoms with Gasteiger partial charge in [-0.25, -0.2) is 8.78 Å². The fourth-order valence-electron chi connectivity index (χ4n) is 2.39. The maximum Gasteiger partial charge on any atom is 0.248 e. The van der Waals surface area contributed by atoms with E-state index in [2.05, 4.69) is 5.16 Å². The molecule has 1 aromatic rings. The molecule has 1 heterocycles. The van der Waals surface area contributed by atoms with Gasteiger partial charge in [0.15, 0.2) is 0 Å². The Morgan fingerprint density at radius 2 is 1.81 bits per heavy atom. The van der Waals surface area contributed by atoms with Crippen LogP contribution >= 0.6 is 0 Å². The summed E-state index contributed by atoms with van der Waals surface area (Å²) in [6.45, 7) is 0. The molecule has 0 spiro atoms. The minimum absolute atomic E-state index is 0.0106. The second kappa shape index (κ2) is 3.54. The average Bonchev–Trinajstić information content (AvgIpc) is 2.98. The summed E-state index contributed by atoms with van der Waals surface area (Å²) >= 11 is 0. The molecule has 0 aliphatic heterocycles. The molecule has 0 atom stereocenters. The molecule has 3 rings (SSSR count). The standard InChI is InChI=1S/C12H15F2NO/c13-12(14)5-3-8(4-6-12)10-7-11(16-15-10)9-1-2-9/h7-9H,1-6H2. The van der Waals surface area contributed by atoms with Crippen molar-refractivity contribution in [3.05, 3.63) is 17.5 Å². The number of halogens is 2. The lowest BCUT2D eigenvalue weighted by molar-refractivity contribution is -0.0386. The highest BCUT2D eigenvalue weighted by Gasteiger charge is 2.37. The van der Waals surface area contributed by atoms with Gasteiger partial charge in [0.2, 0.25) is 5.92 Å². The minimum atomic E-state index is -2.46. The van der Waals surface area contributed by atoms with Crippen LogP contribution in [0.2, 0.25) is 0 Å². The van der Waals surface area contributed by atoms with E-state index in [-0.39, 0.29) is 18.8 Å². The number of hydrogen-bond acceptors (Lipinski definition) is 2. The third-order valence-corrected chi connectivity index (χ3v) is 3.66. The Hall–Kier alpha value is -0.930. The molecule has 2 aliphatic carbocycles. The zero-order valence-corrected chi connectivity index (χ0v) is 9.09. The third-order valence-electron chi connectivity index (χ3n) is 3.66. The second-order valence-electron chi connectivity index (χ2n) is 5.06. The van der Waals surface area contributed by atoms with Crippen LogP contribution in [0.3, 0.4) is 0 Å². The van der Waals surface area contributed by atoms with Crippen LogP contribution in [0.1, 0.15) is 61.8 Å². The lowest BCUT2D eigenvalue weighted by atomic mass is 9.85. The predicted molar refractivity (Wildman–Crippen MR) is 54.6 cm³/mol. The van der Waals surface area contributed by atoms with Crippen LogP contribution in [0.5, 0.6) is 0 Å². The van der Waals surface area contributed by atoms with Crippen molar-refractivity contribution in [2.24, 2.45) is 0 Å². The topological polar surface area (TPSA) is 26.0 Å². The Morgan fingerprint density at radius 3 is 2.44 bits per heavy atom. The highest BCUT2D eigenvalue weighted by molar-refractivity contribution is 5.17. The van der Waals surface area contributed by atoms with Crippen LogP contribution < -0.4 is 0 Å². The lowest BCUT2D eigenvalue weighted by Gasteiger charge is -2.26. The molecule has 0 saturated heterocycles. The van der Waals surface area contributed by atoms with E-state index >= 15 is 0 Å². The maximum absolute atomic E-state index is 13.0. The zero-order chi connectivity index (χ0) is 11.2. The molecule has 2 aliphatic rings. The SMILES string of the molecule is FC1(F)CCC(c2cc(C3CC3)on2)CC1. The van der Waals surface area contributed by atoms with Gasteiger partial charge in [0, 0.05) is 30.7 Å². The number of rotatable bonds is 2. The monoisotopic (exact) mass is 227 g/mol. The van der Waals surface area contributed by atoms with Gasteiger partial charge in [-0.15, -0.1) is 0 Å². The van der Waals surface area contributed by atoms with E-state index in [4.69, 9.17) is 4.52 Å². The van der Waals surface area contributed by atoms with Gasteiger partial charge in [-0.1, -0.05) is 5.16 Å². The van der Waals surface area contributed by atoms with Crippen LogP contribution in [0.25, 0.3) is 0 Å². The van der Waals surface area contributed by atoms with Crippen molar-refractivity contribution in [1.82, 2.24) is 5.16 Å². The number of nitrogens with zero attached hydrogens (tertiary/aromatic N) is 1. The smallest absolute Gasteiger partial charge is 0.248 e. The molecule has 2 saturated carbocycles. The van der Waals surface area contributed by atoms with Crippen LogP contribution in [0.15, 0.2) is 10.6 Å². The minimum Gasteiger partial charge on any atom is -0.361 e. The summed E-state index contributed by atoms with van der Waals surface area (Å²) in [4.78, 5) is 0. The number of hydrogen-bond donors (Lipinski definition) is 0. The average molecular weight is 227 g/mol. The highest BCUT2D eigenvalue weighted by atomic mass is 19.3. The molecular weight excluding hydrogens is 212 g/mol. The molecule has 88 valence electrons. The van der Waals surface area contributed by atoms with Gasteiger partial charge in [0.25, 0.3) is 0 Å². The molecule has 4 heteroatoms. The van der Waals surface area contributed by atoms with E-state index in [1.54, 1.807) is 0 Å². The summed E-state index contributed by atoms with van der Waals surface area (Å²) in [7, 11) is 0. The first-order valence-corrected chi connectivity index (χ1v) is 5.98. The van der Waals surface area contributed by atoms with Crippen molar-refractivity contribution in [3.63, 3.8) is 0 Å². The summed E-state index contributed by atoms with van der Waals surface area (Å²) < 4.78 is 31.2. The molecule has 0 aromatic carbocycles. The van der Waals surface area contributed by atoms with Crippen LogP contribution in [-0.4, -0.2) is 11.1 Å². The van der Waals surface area contributed by atoms with Crippen molar-refractivity contribution in [2.75, 3.05) is 0 Å². The van der Waals surface area contributed by atoms with E-state index in [0.29, 0.717) is 18.8 Å². The van der Waals surface area contributed by atoms with Crippen LogP contribution in [0.4, 0.5) is 8.78 Å². The number of alkyl halides is 2. The van der Waals surface area contributed by atoms with Crippen molar-refractivity contribution >= 4 is 0 Å². The molecule has 0 bridgehead atoms. The summed E-state index contributed by atoms with van der Waals surface area (Å²) in [5.41, 5.74) is 0.886. The van der Waals surface area contributed by atoms with E-state index in [0.717, 1.165) is 11.5 Å². The fourth-order valence-corrected chi connectivity index (χ4v) is 2.39. The molecular formula is C12H15F2NO. The molecule has 2 nitrogen and oxygen atoms in total. The summed E-state index contributed by atoms with van der Waals surface area (Å²) in [5.74, 6) is -0.783. The summed E-state index contributed by atoms with van der Waals surface area (Å²) in [5, 5.41) is 4.03. The Kier molecular flexibility index (Phi) is 2.26. The first-order valence-electron chi connectivity index (χ1n) is 5.98. The van der Waals surface area contributed by atoms with Crippen molar-refractivity contribution < 1.29 is 13.3 Å². The van der Waals surface area contributed by atoms with Gasteiger partial charge in [0.05, 0.1) is 5.69 Å². The Balaban J connectivity index is 1.68. The van der Waals surface area contributed by atoms with Gasteiger partial charge in [-0.3, -0.25) is 0 Å². The van der Waals surface area contributed by atoms with Gasteiger partial charge in [0.1, 0.15) is 5.76 Å². The Labute approximate surface area is 93.0 Å². The molecule has 0 amide bonds. The van der Waals surface area contributed by atoms with Crippen molar-refractivity contribution in [3.8, 4) is 0 Å². The largest absolute Gasteiger partial charge is 0.361 e. The van der Waals surface area contributed by atoms with E-state index in [1.807, 2.05) is 6.07 Å². The molecule has 1 aromatic heterocycles. The third kappa shape index (κ3) is 1.97. The van der Waals surface area contributed by atoms with E-state index in [9.17, 15) is 8.78 Å². The first-order chi connectivity index (χ1) is 7.64. The van der Waals surface area contributed by atoms with Gasteiger partial charge < -0.3 is 4.52 Å². The molecule has 16 heavy (non-hydrogen) atoms. The zero-order valence-electron chi connectivity index (χ0n) is 9.09. The van der Waals surface area contributed by atoms with Crippen LogP contribution in [-0.2, 0) is 0 Å². The molecule has 2 fully saturated rings. The quantitative estimate of drug-likeness (QED) is 0.767. The molecule has 0 radical (unpaired) electrons. The maximum atomic E-state index is 13.0. The highest BCUT2D eigenvalue weighted by Crippen LogP contribution is 2.44. The van der Waals surface area contributed by atoms with Gasteiger partial charge in [-0.2, -0.15) is 0 Å². The summed E-state index contributed by atoms with van der Waals surface area (Å²) in [6, 6.07) is 1.98. The molecule has 0 unspecified atom stereocenters. The van der Waals surface area contributed by atoms with E-state index < -0.39 is 5.92 Å². The Morgan fingerprint density at radius 1 is 1.12 bits per heavy atom. The number of aromatic nitrogens is 1. The van der Waals surface area contributed by atoms with Crippen molar-refractivity contribution in [1.29, 1.82) is 0 Å². The van der Waals surface area contributed by atoms with Gasteiger partial charge >= 0.3 is 0 Å². The van der Waals surface area contributed by atoms with Gasteiger partial charge in [-0.05, 0) is 25.7 Å². The van der Waals surface area contributed by atoms with Crippen molar-refractivity contribution in [2.45, 2.75) is 56.3 Å². The summed E-state index contributed by atoms with van der Waals surface area (Å²) in [6.07, 6.45) is 3.40. The second-order valence-corrected chi connectivity index (χ2v) is 5.06. The fraction of sp³-hybridized carbons (Fsp3) is 0.750.